The fourth-order valence-corrected chi connectivity index (χ4v) is 2.70. The van der Waals surface area contributed by atoms with Gasteiger partial charge in [-0.3, -0.25) is 4.79 Å². The van der Waals surface area contributed by atoms with E-state index in [2.05, 4.69) is 12.2 Å². The van der Waals surface area contributed by atoms with E-state index >= 15 is 0 Å². The number of amides is 1. The number of aliphatic hydroxyl groups excluding tert-OH is 1. The molecule has 0 heterocycles. The van der Waals surface area contributed by atoms with Gasteiger partial charge in [-0.05, 0) is 30.9 Å². The third-order valence-electron chi connectivity index (χ3n) is 3.43. The molecule has 1 amide bonds. The monoisotopic (exact) mass is 245 g/mol. The van der Waals surface area contributed by atoms with E-state index in [1.807, 2.05) is 6.26 Å². The van der Waals surface area contributed by atoms with Crippen molar-refractivity contribution < 1.29 is 9.90 Å². The summed E-state index contributed by atoms with van der Waals surface area (Å²) in [4.78, 5) is 12.0. The Bertz CT molecular complexity index is 223. The van der Waals surface area contributed by atoms with Crippen LogP contribution in [0.2, 0.25) is 0 Å². The van der Waals surface area contributed by atoms with Crippen molar-refractivity contribution in [2.45, 2.75) is 26.2 Å². The first-order chi connectivity index (χ1) is 7.69. The second kappa shape index (κ2) is 7.17. The number of hydrogen-bond donors (Lipinski definition) is 2. The number of carbonyl (C=O) groups is 1. The number of aliphatic hydroxyl groups is 1. The molecule has 0 saturated heterocycles. The van der Waals surface area contributed by atoms with Gasteiger partial charge in [-0.2, -0.15) is 11.8 Å². The van der Waals surface area contributed by atoms with Gasteiger partial charge in [0.2, 0.25) is 5.91 Å². The minimum Gasteiger partial charge on any atom is -0.396 e. The number of carbonyl (C=O) groups excluding carboxylic acids is 1. The quantitative estimate of drug-likeness (QED) is 0.722. The van der Waals surface area contributed by atoms with Crippen molar-refractivity contribution in [1.29, 1.82) is 0 Å². The zero-order valence-electron chi connectivity index (χ0n) is 10.2. The minimum absolute atomic E-state index is 0.0237. The number of rotatable bonds is 5. The molecule has 2 unspecified atom stereocenters. The molecular formula is C12H23NO2S. The summed E-state index contributed by atoms with van der Waals surface area (Å²) in [5, 5.41) is 12.3. The molecule has 1 aliphatic carbocycles. The zero-order chi connectivity index (χ0) is 12.0. The van der Waals surface area contributed by atoms with Crippen LogP contribution in [0.15, 0.2) is 0 Å². The molecule has 1 rings (SSSR count). The molecule has 3 nitrogen and oxygen atoms in total. The number of thioether (sulfide) groups is 1. The molecule has 1 saturated carbocycles. The second-order valence-electron chi connectivity index (χ2n) is 4.75. The van der Waals surface area contributed by atoms with Crippen molar-refractivity contribution in [3.05, 3.63) is 0 Å². The minimum atomic E-state index is 0.0237. The molecule has 0 aromatic rings. The molecule has 0 aliphatic heterocycles. The van der Waals surface area contributed by atoms with E-state index in [1.54, 1.807) is 11.8 Å². The fourth-order valence-electron chi connectivity index (χ4n) is 2.39. The first kappa shape index (κ1) is 13.8. The Morgan fingerprint density at radius 3 is 2.88 bits per heavy atom. The molecule has 1 aliphatic rings. The summed E-state index contributed by atoms with van der Waals surface area (Å²) in [6, 6.07) is 0. The third kappa shape index (κ3) is 3.98. The smallest absolute Gasteiger partial charge is 0.223 e. The van der Waals surface area contributed by atoms with Crippen LogP contribution in [0.3, 0.4) is 0 Å². The maximum absolute atomic E-state index is 12.0. The van der Waals surface area contributed by atoms with E-state index < -0.39 is 0 Å². The Morgan fingerprint density at radius 1 is 1.50 bits per heavy atom. The summed E-state index contributed by atoms with van der Waals surface area (Å²) >= 11 is 1.73. The third-order valence-corrected chi connectivity index (χ3v) is 4.04. The maximum atomic E-state index is 12.0. The predicted octanol–water partition coefficient (Wildman–Crippen LogP) is 1.51. The van der Waals surface area contributed by atoms with Gasteiger partial charge < -0.3 is 10.4 Å². The van der Waals surface area contributed by atoms with Crippen molar-refractivity contribution in [3.63, 3.8) is 0 Å². The number of hydrogen-bond acceptors (Lipinski definition) is 3. The highest BCUT2D eigenvalue weighted by atomic mass is 32.2. The van der Waals surface area contributed by atoms with Crippen LogP contribution in [0.1, 0.15) is 26.2 Å². The van der Waals surface area contributed by atoms with E-state index in [1.165, 1.54) is 0 Å². The van der Waals surface area contributed by atoms with Gasteiger partial charge in [0.15, 0.2) is 0 Å². The molecule has 0 aromatic carbocycles. The van der Waals surface area contributed by atoms with Gasteiger partial charge in [-0.25, -0.2) is 0 Å². The lowest BCUT2D eigenvalue weighted by atomic mass is 9.74. The highest BCUT2D eigenvalue weighted by Gasteiger charge is 2.32. The van der Waals surface area contributed by atoms with Gasteiger partial charge in [0.1, 0.15) is 0 Å². The summed E-state index contributed by atoms with van der Waals surface area (Å²) in [5.41, 5.74) is 0. The summed E-state index contributed by atoms with van der Waals surface area (Å²) in [6.07, 6.45) is 5.08. The van der Waals surface area contributed by atoms with E-state index in [9.17, 15) is 9.90 Å². The highest BCUT2D eigenvalue weighted by molar-refractivity contribution is 7.98. The summed E-state index contributed by atoms with van der Waals surface area (Å²) in [7, 11) is 0. The molecule has 4 heteroatoms. The van der Waals surface area contributed by atoms with Crippen molar-refractivity contribution in [1.82, 2.24) is 5.32 Å². The van der Waals surface area contributed by atoms with Crippen molar-refractivity contribution in [3.8, 4) is 0 Å². The van der Waals surface area contributed by atoms with Gasteiger partial charge in [-0.15, -0.1) is 0 Å². The lowest BCUT2D eigenvalue weighted by molar-refractivity contribution is -0.129. The molecule has 2 N–H and O–H groups in total. The van der Waals surface area contributed by atoms with Crippen LogP contribution in [-0.2, 0) is 4.79 Å². The predicted molar refractivity (Wildman–Crippen MR) is 68.5 cm³/mol. The summed E-state index contributed by atoms with van der Waals surface area (Å²) in [6.45, 7) is 3.08. The van der Waals surface area contributed by atoms with E-state index in [-0.39, 0.29) is 24.3 Å². The molecule has 0 bridgehead atoms. The Labute approximate surface area is 102 Å². The maximum Gasteiger partial charge on any atom is 0.223 e. The van der Waals surface area contributed by atoms with Gasteiger partial charge in [0.05, 0.1) is 0 Å². The van der Waals surface area contributed by atoms with Crippen LogP contribution in [-0.4, -0.2) is 36.2 Å². The largest absolute Gasteiger partial charge is 0.396 e. The van der Waals surface area contributed by atoms with Crippen molar-refractivity contribution in [2.75, 3.05) is 25.2 Å². The highest BCUT2D eigenvalue weighted by Crippen LogP contribution is 2.33. The molecule has 0 spiro atoms. The molecule has 0 radical (unpaired) electrons. The molecule has 94 valence electrons. The first-order valence-electron chi connectivity index (χ1n) is 6.06. The van der Waals surface area contributed by atoms with Gasteiger partial charge in [-0.1, -0.05) is 13.3 Å². The zero-order valence-corrected chi connectivity index (χ0v) is 11.1. The Balaban J connectivity index is 2.43. The van der Waals surface area contributed by atoms with Crippen LogP contribution < -0.4 is 5.32 Å². The van der Waals surface area contributed by atoms with Gasteiger partial charge >= 0.3 is 0 Å². The molecule has 1 fully saturated rings. The normalized spacial score (nSPS) is 30.1. The van der Waals surface area contributed by atoms with Crippen LogP contribution in [0.5, 0.6) is 0 Å². The standard InChI is InChI=1S/C12H23NO2S/c1-9-3-4-10(8-14)11(7-9)12(15)13-5-6-16-2/h9-11,14H,3-8H2,1-2H3,(H,13,15)/t9?,10-,11?/m0/s1. The van der Waals surface area contributed by atoms with E-state index in [0.717, 1.165) is 31.6 Å². The second-order valence-corrected chi connectivity index (χ2v) is 5.74. The topological polar surface area (TPSA) is 49.3 Å². The first-order valence-corrected chi connectivity index (χ1v) is 7.46. The average Bonchev–Trinajstić information content (AvgIpc) is 2.29. The Hall–Kier alpha value is -0.220. The summed E-state index contributed by atoms with van der Waals surface area (Å²) in [5.74, 6) is 1.90. The van der Waals surface area contributed by atoms with Crippen LogP contribution in [0.25, 0.3) is 0 Å². The van der Waals surface area contributed by atoms with Crippen molar-refractivity contribution >= 4 is 17.7 Å². The summed E-state index contributed by atoms with van der Waals surface area (Å²) < 4.78 is 0. The Kier molecular flexibility index (Phi) is 6.21. The molecule has 3 atom stereocenters. The van der Waals surface area contributed by atoms with E-state index in [4.69, 9.17) is 0 Å². The van der Waals surface area contributed by atoms with Crippen LogP contribution >= 0.6 is 11.8 Å². The Morgan fingerprint density at radius 2 is 2.25 bits per heavy atom. The van der Waals surface area contributed by atoms with Crippen LogP contribution in [0, 0.1) is 17.8 Å². The molecule has 16 heavy (non-hydrogen) atoms. The fraction of sp³-hybridized carbons (Fsp3) is 0.917. The SMILES string of the molecule is CSCCNC(=O)C1CC(C)CC[C@H]1CO. The molecule has 0 aromatic heterocycles. The lowest BCUT2D eigenvalue weighted by Gasteiger charge is -2.32. The van der Waals surface area contributed by atoms with Crippen LogP contribution in [0.4, 0.5) is 0 Å². The van der Waals surface area contributed by atoms with Gasteiger partial charge in [0.25, 0.3) is 0 Å². The van der Waals surface area contributed by atoms with Crippen molar-refractivity contribution in [2.24, 2.45) is 17.8 Å². The van der Waals surface area contributed by atoms with Gasteiger partial charge in [0, 0.05) is 24.8 Å². The average molecular weight is 245 g/mol. The molecular weight excluding hydrogens is 222 g/mol. The van der Waals surface area contributed by atoms with E-state index in [0.29, 0.717) is 5.92 Å². The lowest BCUT2D eigenvalue weighted by Crippen LogP contribution is -2.40. The number of nitrogens with one attached hydrogen (secondary N) is 1.